The molecule has 2 rings (SSSR count). The Bertz CT molecular complexity index is 865. The molecule has 0 aromatic carbocycles. The third kappa shape index (κ3) is 4.59. The highest BCUT2D eigenvalue weighted by atomic mass is 35.5. The van der Waals surface area contributed by atoms with Crippen LogP contribution in [0, 0.1) is 17.3 Å². The fraction of sp³-hybridized carbons (Fsp3) is 0.278. The van der Waals surface area contributed by atoms with Gasteiger partial charge in [0.25, 0.3) is 0 Å². The first-order chi connectivity index (χ1) is 11.8. The Morgan fingerprint density at radius 3 is 2.84 bits per heavy atom. The summed E-state index contributed by atoms with van der Waals surface area (Å²) < 4.78 is 0. The van der Waals surface area contributed by atoms with Gasteiger partial charge in [-0.25, -0.2) is 0 Å². The Morgan fingerprint density at radius 2 is 2.20 bits per heavy atom. The van der Waals surface area contributed by atoms with Crippen LogP contribution < -0.4 is 5.73 Å². The highest BCUT2D eigenvalue weighted by Gasteiger charge is 2.21. The third-order valence-electron chi connectivity index (χ3n) is 3.67. The van der Waals surface area contributed by atoms with Gasteiger partial charge >= 0.3 is 0 Å². The standard InChI is InChI=1S/C18H19ClN4OS/c1-4-5-12-7-13(10-22-9-12)15-8-14(19)17(25-15)11(2)6-16(24)23(3)18(20)21/h7-11H,6H2,1-3H3,(H3,20,21)/t11-/m1/s1. The van der Waals surface area contributed by atoms with Crippen LogP contribution >= 0.6 is 22.9 Å². The summed E-state index contributed by atoms with van der Waals surface area (Å²) in [5.74, 6) is 5.28. The minimum absolute atomic E-state index is 0.0767. The molecule has 2 heterocycles. The Morgan fingerprint density at radius 1 is 1.48 bits per heavy atom. The van der Waals surface area contributed by atoms with Crippen molar-refractivity contribution in [3.05, 3.63) is 40.0 Å². The van der Waals surface area contributed by atoms with Crippen LogP contribution in [-0.4, -0.2) is 28.8 Å². The zero-order valence-electron chi connectivity index (χ0n) is 14.3. The summed E-state index contributed by atoms with van der Waals surface area (Å²) in [6.45, 7) is 3.72. The Hall–Kier alpha value is -2.36. The van der Waals surface area contributed by atoms with Gasteiger partial charge in [-0.1, -0.05) is 24.4 Å². The van der Waals surface area contributed by atoms with E-state index >= 15 is 0 Å². The van der Waals surface area contributed by atoms with E-state index in [-0.39, 0.29) is 24.2 Å². The summed E-state index contributed by atoms with van der Waals surface area (Å²) in [6, 6.07) is 3.85. The zero-order chi connectivity index (χ0) is 18.6. The first-order valence-electron chi connectivity index (χ1n) is 7.61. The maximum Gasteiger partial charge on any atom is 0.229 e. The van der Waals surface area contributed by atoms with Crippen LogP contribution in [0.1, 0.15) is 36.6 Å². The molecule has 2 aromatic heterocycles. The van der Waals surface area contributed by atoms with Crippen molar-refractivity contribution in [3.8, 4) is 22.3 Å². The van der Waals surface area contributed by atoms with Gasteiger partial charge in [0.15, 0.2) is 5.96 Å². The molecule has 0 aliphatic rings. The van der Waals surface area contributed by atoms with Gasteiger partial charge in [-0.15, -0.1) is 17.3 Å². The molecule has 0 radical (unpaired) electrons. The number of carbonyl (C=O) groups excluding carboxylic acids is 1. The van der Waals surface area contributed by atoms with E-state index in [2.05, 4.69) is 16.8 Å². The number of pyridine rings is 1. The fourth-order valence-corrected chi connectivity index (χ4v) is 3.83. The highest BCUT2D eigenvalue weighted by Crippen LogP contribution is 2.39. The number of amides is 1. The lowest BCUT2D eigenvalue weighted by Crippen LogP contribution is -2.38. The molecule has 25 heavy (non-hydrogen) atoms. The maximum absolute atomic E-state index is 12.1. The van der Waals surface area contributed by atoms with E-state index < -0.39 is 0 Å². The molecule has 0 bridgehead atoms. The van der Waals surface area contributed by atoms with Crippen molar-refractivity contribution in [1.29, 1.82) is 5.41 Å². The molecular weight excluding hydrogens is 356 g/mol. The van der Waals surface area contributed by atoms with Crippen molar-refractivity contribution < 1.29 is 4.79 Å². The SMILES string of the molecule is CC#Cc1cncc(-c2cc(Cl)c([C@H](C)CC(=O)N(C)C(=N)N)s2)c1. The Labute approximate surface area is 156 Å². The van der Waals surface area contributed by atoms with Gasteiger partial charge in [0.05, 0.1) is 5.02 Å². The molecule has 0 spiro atoms. The number of guanidine groups is 1. The second-order valence-corrected chi connectivity index (χ2v) is 7.09. The average molecular weight is 375 g/mol. The van der Waals surface area contributed by atoms with Gasteiger partial charge < -0.3 is 5.73 Å². The summed E-state index contributed by atoms with van der Waals surface area (Å²) in [5, 5.41) is 7.96. The molecule has 0 fully saturated rings. The molecule has 130 valence electrons. The van der Waals surface area contributed by atoms with Crippen LogP contribution in [0.4, 0.5) is 0 Å². The van der Waals surface area contributed by atoms with Gasteiger partial charge in [-0.3, -0.25) is 20.1 Å². The van der Waals surface area contributed by atoms with E-state index in [4.69, 9.17) is 22.7 Å². The smallest absolute Gasteiger partial charge is 0.229 e. The summed E-state index contributed by atoms with van der Waals surface area (Å²) in [7, 11) is 1.49. The van der Waals surface area contributed by atoms with Crippen molar-refractivity contribution in [3.63, 3.8) is 0 Å². The maximum atomic E-state index is 12.1. The largest absolute Gasteiger partial charge is 0.370 e. The predicted octanol–water partition coefficient (Wildman–Crippen LogP) is 3.68. The third-order valence-corrected chi connectivity index (χ3v) is 5.51. The molecule has 0 unspecified atom stereocenters. The number of halogens is 1. The number of carbonyl (C=O) groups is 1. The van der Waals surface area contributed by atoms with Crippen LogP contribution in [0.3, 0.4) is 0 Å². The van der Waals surface area contributed by atoms with E-state index in [1.54, 1.807) is 19.3 Å². The second kappa shape index (κ2) is 8.15. The highest BCUT2D eigenvalue weighted by molar-refractivity contribution is 7.16. The number of aromatic nitrogens is 1. The molecule has 2 aromatic rings. The number of rotatable bonds is 4. The lowest BCUT2D eigenvalue weighted by molar-refractivity contribution is -0.126. The molecule has 5 nitrogen and oxygen atoms in total. The van der Waals surface area contributed by atoms with Gasteiger partial charge in [-0.05, 0) is 19.1 Å². The lowest BCUT2D eigenvalue weighted by atomic mass is 10.1. The normalized spacial score (nSPS) is 11.4. The molecular formula is C18H19ClN4OS. The van der Waals surface area contributed by atoms with E-state index in [1.807, 2.05) is 19.1 Å². The number of thiophene rings is 1. The molecule has 1 atom stereocenters. The minimum Gasteiger partial charge on any atom is -0.370 e. The van der Waals surface area contributed by atoms with Crippen molar-refractivity contribution in [2.24, 2.45) is 5.73 Å². The molecule has 0 aliphatic heterocycles. The van der Waals surface area contributed by atoms with Gasteiger partial charge in [0, 0.05) is 52.7 Å². The zero-order valence-corrected chi connectivity index (χ0v) is 15.8. The van der Waals surface area contributed by atoms with E-state index in [9.17, 15) is 4.79 Å². The minimum atomic E-state index is -0.268. The number of hydrogen-bond acceptors (Lipinski definition) is 4. The van der Waals surface area contributed by atoms with E-state index in [0.717, 1.165) is 25.8 Å². The predicted molar refractivity (Wildman–Crippen MR) is 103 cm³/mol. The second-order valence-electron chi connectivity index (χ2n) is 5.60. The summed E-state index contributed by atoms with van der Waals surface area (Å²) in [5.41, 5.74) is 7.13. The summed E-state index contributed by atoms with van der Waals surface area (Å²) in [6.07, 6.45) is 3.72. The van der Waals surface area contributed by atoms with Gasteiger partial charge in [-0.2, -0.15) is 0 Å². The van der Waals surface area contributed by atoms with Crippen LogP contribution in [0.25, 0.3) is 10.4 Å². The topological polar surface area (TPSA) is 83.1 Å². The number of hydrogen-bond donors (Lipinski definition) is 2. The number of nitrogens with two attached hydrogens (primary N) is 1. The van der Waals surface area contributed by atoms with Gasteiger partial charge in [0.1, 0.15) is 0 Å². The van der Waals surface area contributed by atoms with Gasteiger partial charge in [0.2, 0.25) is 5.91 Å². The molecule has 7 heteroatoms. The van der Waals surface area contributed by atoms with Crippen molar-refractivity contribution in [2.75, 3.05) is 7.05 Å². The Balaban J connectivity index is 2.24. The molecule has 0 saturated heterocycles. The monoisotopic (exact) mass is 374 g/mol. The first-order valence-corrected chi connectivity index (χ1v) is 8.81. The lowest BCUT2D eigenvalue weighted by Gasteiger charge is -2.17. The van der Waals surface area contributed by atoms with Crippen LogP contribution in [0.2, 0.25) is 5.02 Å². The van der Waals surface area contributed by atoms with Crippen molar-refractivity contribution >= 4 is 34.8 Å². The summed E-state index contributed by atoms with van der Waals surface area (Å²) >= 11 is 7.92. The average Bonchev–Trinajstić information content (AvgIpc) is 2.96. The number of nitrogens with zero attached hydrogens (tertiary/aromatic N) is 2. The molecule has 3 N–H and O–H groups in total. The molecule has 1 amide bonds. The van der Waals surface area contributed by atoms with Crippen molar-refractivity contribution in [2.45, 2.75) is 26.2 Å². The molecule has 0 saturated carbocycles. The molecule has 0 aliphatic carbocycles. The van der Waals surface area contributed by atoms with Crippen LogP contribution in [-0.2, 0) is 4.79 Å². The quantitative estimate of drug-likeness (QED) is 0.486. The first kappa shape index (κ1) is 19.0. The Kier molecular flexibility index (Phi) is 6.18. The summed E-state index contributed by atoms with van der Waals surface area (Å²) in [4.78, 5) is 19.4. The van der Waals surface area contributed by atoms with E-state index in [1.165, 1.54) is 18.4 Å². The van der Waals surface area contributed by atoms with Crippen molar-refractivity contribution in [1.82, 2.24) is 9.88 Å². The fourth-order valence-electron chi connectivity index (χ4n) is 2.27. The van der Waals surface area contributed by atoms with Crippen LogP contribution in [0.15, 0.2) is 24.5 Å². The number of nitrogens with one attached hydrogen (secondary N) is 1. The van der Waals surface area contributed by atoms with E-state index in [0.29, 0.717) is 5.02 Å². The van der Waals surface area contributed by atoms with Crippen LogP contribution in [0.5, 0.6) is 0 Å².